The van der Waals surface area contributed by atoms with Gasteiger partial charge in [-0.25, -0.2) is 9.59 Å². The fourth-order valence-corrected chi connectivity index (χ4v) is 1.98. The maximum Gasteiger partial charge on any atom is 0.417 e. The van der Waals surface area contributed by atoms with E-state index < -0.39 is 11.9 Å². The van der Waals surface area contributed by atoms with E-state index in [9.17, 15) is 9.59 Å². The van der Waals surface area contributed by atoms with E-state index in [0.29, 0.717) is 6.61 Å². The van der Waals surface area contributed by atoms with Gasteiger partial charge in [0.05, 0.1) is 13.2 Å². The normalized spacial score (nSPS) is 11.3. The highest BCUT2D eigenvalue weighted by Gasteiger charge is 2.20. The van der Waals surface area contributed by atoms with Crippen molar-refractivity contribution >= 4 is 11.9 Å². The van der Waals surface area contributed by atoms with Gasteiger partial charge in [-0.2, -0.15) is 0 Å². The molecule has 0 aliphatic carbocycles. The molecule has 0 heterocycles. The first-order valence-electron chi connectivity index (χ1n) is 8.70. The molecular weight excluding hydrogens is 280 g/mol. The van der Waals surface area contributed by atoms with E-state index in [0.717, 1.165) is 19.3 Å². The summed E-state index contributed by atoms with van der Waals surface area (Å²) in [5.41, 5.74) is -0.146. The molecule has 0 aromatic rings. The van der Waals surface area contributed by atoms with Crippen molar-refractivity contribution < 1.29 is 19.1 Å². The summed E-state index contributed by atoms with van der Waals surface area (Å²) in [5, 5.41) is 0. The van der Waals surface area contributed by atoms with Gasteiger partial charge in [0, 0.05) is 0 Å². The molecule has 0 spiro atoms. The number of carbonyl (C=O) groups excluding carboxylic acids is 2. The molecule has 0 radical (unpaired) electrons. The monoisotopic (exact) mass is 314 g/mol. The van der Waals surface area contributed by atoms with E-state index in [1.807, 2.05) is 20.8 Å². The molecule has 0 fully saturated rings. The number of rotatable bonds is 11. The van der Waals surface area contributed by atoms with Gasteiger partial charge < -0.3 is 9.47 Å². The zero-order chi connectivity index (χ0) is 16.8. The highest BCUT2D eigenvalue weighted by molar-refractivity contribution is 6.29. The highest BCUT2D eigenvalue weighted by Crippen LogP contribution is 2.13. The Balaban J connectivity index is 3.43. The molecule has 0 unspecified atom stereocenters. The Morgan fingerprint density at radius 1 is 0.727 bits per heavy atom. The maximum absolute atomic E-state index is 11.4. The average molecular weight is 314 g/mol. The Bertz CT molecular complexity index is 305. The van der Waals surface area contributed by atoms with E-state index in [4.69, 9.17) is 9.47 Å². The third-order valence-electron chi connectivity index (χ3n) is 3.28. The zero-order valence-corrected chi connectivity index (χ0v) is 14.9. The molecular formula is C18H34O4. The first-order chi connectivity index (χ1) is 10.4. The summed E-state index contributed by atoms with van der Waals surface area (Å²) in [6, 6.07) is 0. The van der Waals surface area contributed by atoms with Crippen molar-refractivity contribution in [2.75, 3.05) is 13.2 Å². The van der Waals surface area contributed by atoms with Gasteiger partial charge in [-0.3, -0.25) is 0 Å². The Hall–Kier alpha value is -1.06. The van der Waals surface area contributed by atoms with Crippen molar-refractivity contribution in [1.29, 1.82) is 0 Å². The molecule has 4 heteroatoms. The minimum Gasteiger partial charge on any atom is -0.457 e. The second-order valence-corrected chi connectivity index (χ2v) is 7.10. The molecule has 4 nitrogen and oxygen atoms in total. The van der Waals surface area contributed by atoms with Crippen molar-refractivity contribution in [3.05, 3.63) is 0 Å². The predicted molar refractivity (Wildman–Crippen MR) is 88.6 cm³/mol. The summed E-state index contributed by atoms with van der Waals surface area (Å²) in [5.74, 6) is -1.75. The summed E-state index contributed by atoms with van der Waals surface area (Å²) < 4.78 is 9.81. The van der Waals surface area contributed by atoms with E-state index in [1.54, 1.807) is 0 Å². The van der Waals surface area contributed by atoms with Crippen LogP contribution in [-0.2, 0) is 19.1 Å². The van der Waals surface area contributed by atoms with Crippen LogP contribution in [0, 0.1) is 5.41 Å². The van der Waals surface area contributed by atoms with Gasteiger partial charge >= 0.3 is 11.9 Å². The lowest BCUT2D eigenvalue weighted by atomic mass is 9.99. The summed E-state index contributed by atoms with van der Waals surface area (Å²) in [6.07, 6.45) is 10.8. The molecule has 0 aliphatic rings. The minimum atomic E-state index is -0.883. The number of ether oxygens (including phenoxy) is 2. The van der Waals surface area contributed by atoms with Crippen molar-refractivity contribution in [2.45, 2.75) is 85.5 Å². The molecule has 0 aromatic carbocycles. The van der Waals surface area contributed by atoms with Gasteiger partial charge in [0.15, 0.2) is 0 Å². The van der Waals surface area contributed by atoms with E-state index in [-0.39, 0.29) is 12.0 Å². The van der Waals surface area contributed by atoms with Crippen LogP contribution >= 0.6 is 0 Å². The second-order valence-electron chi connectivity index (χ2n) is 7.10. The highest BCUT2D eigenvalue weighted by atomic mass is 16.6. The number of hydrogen-bond acceptors (Lipinski definition) is 4. The zero-order valence-electron chi connectivity index (χ0n) is 14.9. The quantitative estimate of drug-likeness (QED) is 0.316. The number of hydrogen-bond donors (Lipinski definition) is 0. The fourth-order valence-electron chi connectivity index (χ4n) is 1.98. The lowest BCUT2D eigenvalue weighted by molar-refractivity contribution is -0.169. The van der Waals surface area contributed by atoms with Gasteiger partial charge in [0.2, 0.25) is 0 Å². The topological polar surface area (TPSA) is 52.6 Å². The van der Waals surface area contributed by atoms with Crippen LogP contribution in [0.4, 0.5) is 0 Å². The molecule has 0 saturated heterocycles. The molecule has 0 aliphatic heterocycles. The molecule has 0 N–H and O–H groups in total. The molecule has 0 atom stereocenters. The van der Waals surface area contributed by atoms with E-state index in [1.165, 1.54) is 38.5 Å². The number of unbranched alkanes of at least 4 members (excludes halogenated alkanes) is 8. The Morgan fingerprint density at radius 2 is 1.18 bits per heavy atom. The van der Waals surface area contributed by atoms with Crippen LogP contribution in [0.5, 0.6) is 0 Å². The van der Waals surface area contributed by atoms with E-state index in [2.05, 4.69) is 6.92 Å². The largest absolute Gasteiger partial charge is 0.457 e. The SMILES string of the molecule is CCCCCCCCCCCOC(=O)C(=O)OCC(C)(C)C. The van der Waals surface area contributed by atoms with Crippen molar-refractivity contribution in [3.63, 3.8) is 0 Å². The Morgan fingerprint density at radius 3 is 1.68 bits per heavy atom. The predicted octanol–water partition coefficient (Wildman–Crippen LogP) is 4.65. The van der Waals surface area contributed by atoms with Crippen LogP contribution < -0.4 is 0 Å². The standard InChI is InChI=1S/C18H34O4/c1-5-6-7-8-9-10-11-12-13-14-21-16(19)17(20)22-15-18(2,3)4/h5-15H2,1-4H3. The molecule has 0 rings (SSSR count). The van der Waals surface area contributed by atoms with Crippen LogP contribution in [0.3, 0.4) is 0 Å². The van der Waals surface area contributed by atoms with Gasteiger partial charge in [0.25, 0.3) is 0 Å². The minimum absolute atomic E-state index is 0.146. The molecule has 0 bridgehead atoms. The van der Waals surface area contributed by atoms with E-state index >= 15 is 0 Å². The van der Waals surface area contributed by atoms with Crippen molar-refractivity contribution in [1.82, 2.24) is 0 Å². The summed E-state index contributed by atoms with van der Waals surface area (Å²) in [4.78, 5) is 22.8. The molecule has 130 valence electrons. The van der Waals surface area contributed by atoms with Crippen LogP contribution in [0.25, 0.3) is 0 Å². The van der Waals surface area contributed by atoms with Gasteiger partial charge in [-0.1, -0.05) is 79.1 Å². The molecule has 0 amide bonds. The van der Waals surface area contributed by atoms with Crippen molar-refractivity contribution in [3.8, 4) is 0 Å². The molecule has 0 saturated carbocycles. The van der Waals surface area contributed by atoms with Crippen LogP contribution in [0.15, 0.2) is 0 Å². The number of esters is 2. The summed E-state index contributed by atoms with van der Waals surface area (Å²) in [7, 11) is 0. The average Bonchev–Trinajstić information content (AvgIpc) is 2.45. The van der Waals surface area contributed by atoms with Crippen molar-refractivity contribution in [2.24, 2.45) is 5.41 Å². The van der Waals surface area contributed by atoms with Gasteiger partial charge in [-0.15, -0.1) is 0 Å². The van der Waals surface area contributed by atoms with Crippen LogP contribution in [0.2, 0.25) is 0 Å². The maximum atomic E-state index is 11.4. The smallest absolute Gasteiger partial charge is 0.417 e. The summed E-state index contributed by atoms with van der Waals surface area (Å²) >= 11 is 0. The Kier molecular flexibility index (Phi) is 11.9. The fraction of sp³-hybridized carbons (Fsp3) is 0.889. The third-order valence-corrected chi connectivity index (χ3v) is 3.28. The van der Waals surface area contributed by atoms with Gasteiger partial charge in [0.1, 0.15) is 0 Å². The third kappa shape index (κ3) is 13.9. The number of carbonyl (C=O) groups is 2. The lowest BCUT2D eigenvalue weighted by Gasteiger charge is -2.17. The first kappa shape index (κ1) is 20.9. The van der Waals surface area contributed by atoms with Crippen LogP contribution in [0.1, 0.15) is 85.5 Å². The molecule has 0 aromatic heterocycles. The summed E-state index contributed by atoms with van der Waals surface area (Å²) in [6.45, 7) is 8.56. The molecule has 22 heavy (non-hydrogen) atoms. The Labute approximate surface area is 135 Å². The second kappa shape index (κ2) is 12.5. The first-order valence-corrected chi connectivity index (χ1v) is 8.70. The van der Waals surface area contributed by atoms with Gasteiger partial charge in [-0.05, 0) is 11.8 Å². The lowest BCUT2D eigenvalue weighted by Crippen LogP contribution is -2.25. The van der Waals surface area contributed by atoms with Crippen LogP contribution in [-0.4, -0.2) is 25.2 Å².